The Morgan fingerprint density at radius 2 is 2.04 bits per heavy atom. The normalized spacial score (nSPS) is 16.5. The van der Waals surface area contributed by atoms with Crippen LogP contribution in [0.5, 0.6) is 0 Å². The number of likely N-dealkylation sites (tertiary alicyclic amines) is 1. The van der Waals surface area contributed by atoms with E-state index in [-0.39, 0.29) is 17.6 Å². The van der Waals surface area contributed by atoms with E-state index in [9.17, 15) is 9.59 Å². The zero-order valence-electron chi connectivity index (χ0n) is 14.2. The van der Waals surface area contributed by atoms with Crippen LogP contribution >= 0.6 is 0 Å². The first-order valence-electron chi connectivity index (χ1n) is 8.09. The molecular weight excluding hydrogens is 310 g/mol. The van der Waals surface area contributed by atoms with Crippen LogP contribution in [0.25, 0.3) is 5.65 Å². The van der Waals surface area contributed by atoms with Crippen molar-refractivity contribution < 1.29 is 9.53 Å². The summed E-state index contributed by atoms with van der Waals surface area (Å²) >= 11 is 0. The summed E-state index contributed by atoms with van der Waals surface area (Å²) in [6.07, 6.45) is 2.68. The van der Waals surface area contributed by atoms with Crippen molar-refractivity contribution in [2.45, 2.75) is 45.1 Å². The predicted octanol–water partition coefficient (Wildman–Crippen LogP) is 1.72. The van der Waals surface area contributed by atoms with Crippen LogP contribution in [0.15, 0.2) is 17.1 Å². The largest absolute Gasteiger partial charge is 0.444 e. The van der Waals surface area contributed by atoms with Gasteiger partial charge < -0.3 is 15.4 Å². The van der Waals surface area contributed by atoms with E-state index >= 15 is 0 Å². The first-order valence-corrected chi connectivity index (χ1v) is 8.09. The Labute approximate surface area is 139 Å². The maximum Gasteiger partial charge on any atom is 0.410 e. The highest BCUT2D eigenvalue weighted by Crippen LogP contribution is 2.32. The Balaban J connectivity index is 1.74. The van der Waals surface area contributed by atoms with Crippen LogP contribution in [0, 0.1) is 0 Å². The van der Waals surface area contributed by atoms with Crippen LogP contribution < -0.4 is 11.3 Å². The van der Waals surface area contributed by atoms with Gasteiger partial charge in [-0.3, -0.25) is 9.89 Å². The first-order chi connectivity index (χ1) is 11.3. The summed E-state index contributed by atoms with van der Waals surface area (Å²) in [6.45, 7) is 6.75. The third-order valence-electron chi connectivity index (χ3n) is 4.16. The van der Waals surface area contributed by atoms with Crippen molar-refractivity contribution in [3.05, 3.63) is 28.3 Å². The van der Waals surface area contributed by atoms with Crippen molar-refractivity contribution in [1.29, 1.82) is 0 Å². The molecular formula is C16H23N5O3. The minimum absolute atomic E-state index is 0.157. The number of ether oxygens (including phenoxy) is 1. The minimum atomic E-state index is -0.498. The number of nitrogens with two attached hydrogens (primary N) is 1. The molecule has 0 spiro atoms. The molecule has 8 nitrogen and oxygen atoms in total. The highest BCUT2D eigenvalue weighted by molar-refractivity contribution is 5.69. The highest BCUT2D eigenvalue weighted by Gasteiger charge is 2.29. The standard InChI is InChI=1S/C16H23N5O3/c1-16(2,3)24-15(23)20-8-5-10(6-9-20)13-12(17)14-18-7-4-11(22)21(14)19-13/h4,7,10,19H,5-6,8-9,17H2,1-3H3. The molecule has 0 aromatic carbocycles. The van der Waals surface area contributed by atoms with Crippen molar-refractivity contribution in [2.24, 2.45) is 0 Å². The summed E-state index contributed by atoms with van der Waals surface area (Å²) in [4.78, 5) is 29.9. The number of anilines is 1. The Kier molecular flexibility index (Phi) is 3.98. The molecule has 1 fully saturated rings. The van der Waals surface area contributed by atoms with E-state index in [1.807, 2.05) is 20.8 Å². The third kappa shape index (κ3) is 3.08. The number of nitrogens with zero attached hydrogens (tertiary/aromatic N) is 3. The lowest BCUT2D eigenvalue weighted by molar-refractivity contribution is 0.0204. The second-order valence-electron chi connectivity index (χ2n) is 7.12. The number of nitrogen functional groups attached to an aromatic ring is 1. The molecule has 24 heavy (non-hydrogen) atoms. The Hall–Kier alpha value is -2.51. The van der Waals surface area contributed by atoms with E-state index in [1.165, 1.54) is 16.8 Å². The molecule has 3 rings (SSSR count). The van der Waals surface area contributed by atoms with Crippen molar-refractivity contribution in [3.8, 4) is 0 Å². The Bertz CT molecular complexity index is 809. The fraction of sp³-hybridized carbons (Fsp3) is 0.562. The number of H-pyrrole nitrogens is 1. The van der Waals surface area contributed by atoms with Gasteiger partial charge in [-0.25, -0.2) is 9.78 Å². The van der Waals surface area contributed by atoms with Crippen LogP contribution in [0.4, 0.5) is 10.5 Å². The number of rotatable bonds is 1. The lowest BCUT2D eigenvalue weighted by atomic mass is 9.93. The molecule has 0 bridgehead atoms. The van der Waals surface area contributed by atoms with Crippen LogP contribution in [0.1, 0.15) is 45.2 Å². The van der Waals surface area contributed by atoms with Crippen molar-refractivity contribution >= 4 is 17.4 Å². The fourth-order valence-electron chi connectivity index (χ4n) is 3.00. The van der Waals surface area contributed by atoms with Gasteiger partial charge in [0, 0.05) is 31.3 Å². The summed E-state index contributed by atoms with van der Waals surface area (Å²) in [5, 5.41) is 3.07. The van der Waals surface area contributed by atoms with E-state index in [0.717, 1.165) is 18.5 Å². The number of amides is 1. The van der Waals surface area contributed by atoms with Gasteiger partial charge in [0.2, 0.25) is 0 Å². The molecule has 2 aromatic rings. The molecule has 3 N–H and O–H groups in total. The number of fused-ring (bicyclic) bond motifs is 1. The maximum absolute atomic E-state index is 12.1. The molecule has 3 heterocycles. The van der Waals surface area contributed by atoms with Crippen LogP contribution in [-0.4, -0.2) is 44.3 Å². The lowest BCUT2D eigenvalue weighted by Gasteiger charge is -2.33. The van der Waals surface area contributed by atoms with Crippen LogP contribution in [-0.2, 0) is 4.74 Å². The first kappa shape index (κ1) is 16.4. The van der Waals surface area contributed by atoms with E-state index < -0.39 is 5.60 Å². The number of aromatic nitrogens is 3. The summed E-state index contributed by atoms with van der Waals surface area (Å²) in [7, 11) is 0. The molecule has 0 aliphatic carbocycles. The van der Waals surface area contributed by atoms with Gasteiger partial charge in [0.25, 0.3) is 5.56 Å². The maximum atomic E-state index is 12.1. The summed E-state index contributed by atoms with van der Waals surface area (Å²) < 4.78 is 6.77. The molecule has 1 saturated heterocycles. The lowest BCUT2D eigenvalue weighted by Crippen LogP contribution is -2.41. The molecule has 1 aliphatic heterocycles. The molecule has 1 amide bonds. The monoisotopic (exact) mass is 333 g/mol. The van der Waals surface area contributed by atoms with Gasteiger partial charge in [0.15, 0.2) is 5.65 Å². The number of carbonyl (C=O) groups excluding carboxylic acids is 1. The smallest absolute Gasteiger partial charge is 0.410 e. The summed E-state index contributed by atoms with van der Waals surface area (Å²) in [5.74, 6) is 0.157. The Morgan fingerprint density at radius 3 is 2.62 bits per heavy atom. The van der Waals surface area contributed by atoms with Crippen molar-refractivity contribution in [1.82, 2.24) is 19.5 Å². The van der Waals surface area contributed by atoms with Gasteiger partial charge in [-0.1, -0.05) is 0 Å². The number of piperidine rings is 1. The van der Waals surface area contributed by atoms with Crippen molar-refractivity contribution in [2.75, 3.05) is 18.8 Å². The van der Waals surface area contributed by atoms with Gasteiger partial charge in [-0.15, -0.1) is 0 Å². The highest BCUT2D eigenvalue weighted by atomic mass is 16.6. The minimum Gasteiger partial charge on any atom is -0.444 e. The quantitative estimate of drug-likeness (QED) is 0.826. The molecule has 2 aromatic heterocycles. The van der Waals surface area contributed by atoms with E-state index in [0.29, 0.717) is 24.4 Å². The third-order valence-corrected chi connectivity index (χ3v) is 4.16. The molecule has 1 aliphatic rings. The number of carbonyl (C=O) groups is 1. The Morgan fingerprint density at radius 1 is 1.38 bits per heavy atom. The van der Waals surface area contributed by atoms with E-state index in [4.69, 9.17) is 10.5 Å². The zero-order chi connectivity index (χ0) is 17.5. The number of hydrogen-bond acceptors (Lipinski definition) is 5. The predicted molar refractivity (Wildman–Crippen MR) is 90.0 cm³/mol. The second-order valence-corrected chi connectivity index (χ2v) is 7.12. The van der Waals surface area contributed by atoms with Gasteiger partial charge in [-0.05, 0) is 33.6 Å². The topological polar surface area (TPSA) is 106 Å². The van der Waals surface area contributed by atoms with Crippen LogP contribution in [0.3, 0.4) is 0 Å². The zero-order valence-corrected chi connectivity index (χ0v) is 14.2. The van der Waals surface area contributed by atoms with Gasteiger partial charge in [0.05, 0.1) is 11.4 Å². The second kappa shape index (κ2) is 5.85. The molecule has 0 saturated carbocycles. The van der Waals surface area contributed by atoms with Gasteiger partial charge >= 0.3 is 6.09 Å². The number of nitrogens with one attached hydrogen (secondary N) is 1. The average molecular weight is 333 g/mol. The van der Waals surface area contributed by atoms with Crippen molar-refractivity contribution in [3.63, 3.8) is 0 Å². The summed E-state index contributed by atoms with van der Waals surface area (Å²) in [6, 6.07) is 1.39. The van der Waals surface area contributed by atoms with Gasteiger partial charge in [0.1, 0.15) is 5.60 Å². The fourth-order valence-corrected chi connectivity index (χ4v) is 3.00. The van der Waals surface area contributed by atoms with E-state index in [2.05, 4.69) is 10.1 Å². The van der Waals surface area contributed by atoms with Crippen LogP contribution in [0.2, 0.25) is 0 Å². The average Bonchev–Trinajstić information content (AvgIpc) is 2.85. The van der Waals surface area contributed by atoms with Gasteiger partial charge in [-0.2, -0.15) is 4.52 Å². The molecule has 130 valence electrons. The number of aromatic amines is 1. The summed E-state index contributed by atoms with van der Waals surface area (Å²) in [5.41, 5.74) is 7.24. The SMILES string of the molecule is CC(C)(C)OC(=O)N1CCC(c2[nH]n3c(=O)ccnc3c2N)CC1. The van der Waals surface area contributed by atoms with E-state index in [1.54, 1.807) is 4.90 Å². The molecule has 0 radical (unpaired) electrons. The molecule has 0 unspecified atom stereocenters. The number of hydrogen-bond donors (Lipinski definition) is 2. The molecule has 8 heteroatoms. The molecule has 0 atom stereocenters.